The Kier molecular flexibility index (Phi) is 5.79. The number of nitrogens with zero attached hydrogens (tertiary/aromatic N) is 3. The van der Waals surface area contributed by atoms with Crippen LogP contribution in [0.5, 0.6) is 0 Å². The van der Waals surface area contributed by atoms with Crippen LogP contribution in [-0.4, -0.2) is 47.1 Å². The topological polar surface area (TPSA) is 84.4 Å². The molecule has 1 aromatic carbocycles. The molecule has 32 heavy (non-hydrogen) atoms. The van der Waals surface area contributed by atoms with Gasteiger partial charge in [0, 0.05) is 18.8 Å². The van der Waals surface area contributed by atoms with Crippen molar-refractivity contribution in [3.63, 3.8) is 0 Å². The van der Waals surface area contributed by atoms with E-state index in [1.165, 1.54) is 19.2 Å². The van der Waals surface area contributed by atoms with Crippen LogP contribution in [0.3, 0.4) is 0 Å². The molecule has 1 N–H and O–H groups in total. The molecule has 0 radical (unpaired) electrons. The highest BCUT2D eigenvalue weighted by Gasteiger charge is 2.45. The zero-order chi connectivity index (χ0) is 23.0. The van der Waals surface area contributed by atoms with Crippen LogP contribution in [0.2, 0.25) is 0 Å². The molecule has 3 atom stereocenters. The van der Waals surface area contributed by atoms with Crippen LogP contribution in [0.25, 0.3) is 0 Å². The fraction of sp³-hybridized carbons (Fsp3) is 0.455. The number of urea groups is 1. The highest BCUT2D eigenvalue weighted by Crippen LogP contribution is 2.48. The molecule has 2 heterocycles. The third-order valence-electron chi connectivity index (χ3n) is 6.21. The number of nitrogens with one attached hydrogen (secondary N) is 1. The van der Waals surface area contributed by atoms with Crippen LogP contribution in [0.15, 0.2) is 30.3 Å². The van der Waals surface area contributed by atoms with Gasteiger partial charge >= 0.3 is 18.2 Å². The van der Waals surface area contributed by atoms with Crippen LogP contribution in [-0.2, 0) is 10.9 Å². The molecule has 1 aliphatic carbocycles. The first kappa shape index (κ1) is 22.0. The lowest BCUT2D eigenvalue weighted by atomic mass is 9.91. The zero-order valence-corrected chi connectivity index (χ0v) is 17.6. The number of methoxy groups -OCH3 is 1. The summed E-state index contributed by atoms with van der Waals surface area (Å²) in [5, 5.41) is 2.61. The highest BCUT2D eigenvalue weighted by molar-refractivity contribution is 5.90. The summed E-state index contributed by atoms with van der Waals surface area (Å²) in [5.41, 5.74) is 0.311. The van der Waals surface area contributed by atoms with Crippen molar-refractivity contribution < 1.29 is 27.5 Å². The van der Waals surface area contributed by atoms with Crippen molar-refractivity contribution in [3.05, 3.63) is 52.8 Å². The number of rotatable bonds is 3. The molecule has 7 nitrogen and oxygen atoms in total. The largest absolute Gasteiger partial charge is 0.464 e. The smallest absolute Gasteiger partial charge is 0.416 e. The molecule has 1 saturated carbocycles. The fourth-order valence-corrected chi connectivity index (χ4v) is 4.84. The Balaban J connectivity index is 1.41. The number of anilines is 1. The number of aryl methyl sites for hydroxylation is 1. The van der Waals surface area contributed by atoms with Gasteiger partial charge in [0.15, 0.2) is 5.69 Å². The lowest BCUT2D eigenvalue weighted by Gasteiger charge is -2.21. The minimum Gasteiger partial charge on any atom is -0.464 e. The van der Waals surface area contributed by atoms with E-state index in [2.05, 4.69) is 20.0 Å². The van der Waals surface area contributed by atoms with Crippen molar-refractivity contribution in [2.24, 2.45) is 11.8 Å². The predicted molar refractivity (Wildman–Crippen MR) is 109 cm³/mol. The number of hydrogen-bond donors (Lipinski definition) is 1. The summed E-state index contributed by atoms with van der Waals surface area (Å²) in [4.78, 5) is 34.2. The van der Waals surface area contributed by atoms with Crippen LogP contribution < -0.4 is 5.32 Å². The van der Waals surface area contributed by atoms with E-state index in [-0.39, 0.29) is 29.4 Å². The van der Waals surface area contributed by atoms with Crippen LogP contribution >= 0.6 is 0 Å². The molecule has 0 bridgehead atoms. The van der Waals surface area contributed by atoms with Crippen molar-refractivity contribution in [1.82, 2.24) is 14.9 Å². The van der Waals surface area contributed by atoms with Gasteiger partial charge in [-0.2, -0.15) is 13.2 Å². The van der Waals surface area contributed by atoms with Gasteiger partial charge in [0.1, 0.15) is 0 Å². The Hall–Kier alpha value is -3.17. The molecule has 2 aromatic rings. The van der Waals surface area contributed by atoms with Crippen molar-refractivity contribution in [2.75, 3.05) is 25.5 Å². The molecule has 1 aromatic heterocycles. The van der Waals surface area contributed by atoms with Gasteiger partial charge in [-0.15, -0.1) is 0 Å². The number of carbonyl (C=O) groups excluding carboxylic acids is 2. The first-order chi connectivity index (χ1) is 15.2. The molecule has 2 fully saturated rings. The third kappa shape index (κ3) is 4.39. The number of likely N-dealkylation sites (tertiary alicyclic amines) is 1. The average Bonchev–Trinajstić information content (AvgIpc) is 3.31. The molecule has 4 rings (SSSR count). The van der Waals surface area contributed by atoms with Gasteiger partial charge in [0.25, 0.3) is 0 Å². The van der Waals surface area contributed by atoms with Gasteiger partial charge in [-0.05, 0) is 55.2 Å². The number of benzene rings is 1. The van der Waals surface area contributed by atoms with Crippen LogP contribution in [0, 0.1) is 18.8 Å². The summed E-state index contributed by atoms with van der Waals surface area (Å²) < 4.78 is 44.8. The van der Waals surface area contributed by atoms with Gasteiger partial charge in [-0.25, -0.2) is 19.6 Å². The molecule has 2 aliphatic rings. The van der Waals surface area contributed by atoms with Gasteiger partial charge in [-0.3, -0.25) is 5.32 Å². The second-order valence-electron chi connectivity index (χ2n) is 8.32. The van der Waals surface area contributed by atoms with Gasteiger partial charge in [0.2, 0.25) is 5.95 Å². The van der Waals surface area contributed by atoms with E-state index in [4.69, 9.17) is 0 Å². The second-order valence-corrected chi connectivity index (χ2v) is 8.32. The fourth-order valence-electron chi connectivity index (χ4n) is 4.84. The van der Waals surface area contributed by atoms with E-state index in [1.807, 2.05) is 0 Å². The molecule has 170 valence electrons. The number of carbonyl (C=O) groups is 2. The van der Waals surface area contributed by atoms with Crippen LogP contribution in [0.4, 0.5) is 23.9 Å². The molecule has 1 unspecified atom stereocenters. The Labute approximate surface area is 183 Å². The van der Waals surface area contributed by atoms with Crippen molar-refractivity contribution >= 4 is 17.9 Å². The summed E-state index contributed by atoms with van der Waals surface area (Å²) in [6.45, 7) is 2.58. The van der Waals surface area contributed by atoms with Gasteiger partial charge in [0.05, 0.1) is 12.7 Å². The number of esters is 1. The van der Waals surface area contributed by atoms with Crippen molar-refractivity contribution in [2.45, 2.75) is 31.9 Å². The summed E-state index contributed by atoms with van der Waals surface area (Å²) in [6.07, 6.45) is -3.17. The number of aromatic nitrogens is 2. The number of halogens is 3. The van der Waals surface area contributed by atoms with Gasteiger partial charge < -0.3 is 9.64 Å². The summed E-state index contributed by atoms with van der Waals surface area (Å²) in [7, 11) is 1.24. The lowest BCUT2D eigenvalue weighted by molar-refractivity contribution is -0.138. The first-order valence-electron chi connectivity index (χ1n) is 10.3. The maximum absolute atomic E-state index is 13.4. The number of fused-ring (bicyclic) bond motifs is 1. The number of hydrogen-bond acceptors (Lipinski definition) is 5. The molecular weight excluding hydrogens is 425 g/mol. The second kappa shape index (κ2) is 8.40. The zero-order valence-electron chi connectivity index (χ0n) is 17.6. The Morgan fingerprint density at radius 3 is 2.41 bits per heavy atom. The van der Waals surface area contributed by atoms with Gasteiger partial charge in [-0.1, -0.05) is 18.2 Å². The van der Waals surface area contributed by atoms with E-state index in [1.54, 1.807) is 24.0 Å². The normalized spacial score (nSPS) is 22.5. The summed E-state index contributed by atoms with van der Waals surface area (Å²) >= 11 is 0. The average molecular weight is 448 g/mol. The lowest BCUT2D eigenvalue weighted by Crippen LogP contribution is -2.34. The van der Waals surface area contributed by atoms with E-state index >= 15 is 0 Å². The maximum Gasteiger partial charge on any atom is 0.416 e. The molecule has 0 spiro atoms. The Morgan fingerprint density at radius 1 is 1.12 bits per heavy atom. The van der Waals surface area contributed by atoms with Crippen molar-refractivity contribution in [1.29, 1.82) is 0 Å². The summed E-state index contributed by atoms with van der Waals surface area (Å²) in [6, 6.07) is 6.81. The first-order valence-corrected chi connectivity index (χ1v) is 10.3. The van der Waals surface area contributed by atoms with E-state index in [0.717, 1.165) is 6.07 Å². The minimum absolute atomic E-state index is 0.00411. The quantitative estimate of drug-likeness (QED) is 0.710. The molecule has 1 saturated heterocycles. The standard InChI is InChI=1S/C22H23F3N4O3/c1-12-7-18(19(30)32-2)27-20(26-12)28-21(31)29-10-14-8-13(9-15(14)11-29)16-5-3-4-6-17(16)22(23,24)25/h3-7,13-15H,8-11H2,1-2H3,(H,26,27,28,31)/t13?,14-,15+. The number of amides is 2. The van der Waals surface area contributed by atoms with Crippen molar-refractivity contribution in [3.8, 4) is 0 Å². The number of alkyl halides is 3. The Bertz CT molecular complexity index is 1030. The minimum atomic E-state index is -4.38. The number of ether oxygens (including phenoxy) is 1. The van der Waals surface area contributed by atoms with E-state index in [0.29, 0.717) is 37.2 Å². The van der Waals surface area contributed by atoms with Crippen LogP contribution in [0.1, 0.15) is 46.1 Å². The SMILES string of the molecule is COC(=O)c1cc(C)nc(NC(=O)N2C[C@H]3CC(c4ccccc4C(F)(F)F)C[C@H]3C2)n1. The maximum atomic E-state index is 13.4. The molecular formula is C22H23F3N4O3. The molecule has 10 heteroatoms. The third-order valence-corrected chi connectivity index (χ3v) is 6.21. The molecule has 2 amide bonds. The highest BCUT2D eigenvalue weighted by atomic mass is 19.4. The predicted octanol–water partition coefficient (Wildman–Crippen LogP) is 4.25. The Morgan fingerprint density at radius 2 is 1.78 bits per heavy atom. The van der Waals surface area contributed by atoms with E-state index < -0.39 is 23.7 Å². The summed E-state index contributed by atoms with van der Waals surface area (Å²) in [5.74, 6) is -0.528. The monoisotopic (exact) mass is 448 g/mol. The van der Waals surface area contributed by atoms with E-state index in [9.17, 15) is 22.8 Å². The molecule has 1 aliphatic heterocycles.